The fraction of sp³-hybridized carbons (Fsp3) is 0.308. The highest BCUT2D eigenvalue weighted by atomic mass is 32.1. The minimum Gasteiger partial charge on any atom is -0.493 e. The van der Waals surface area contributed by atoms with E-state index in [9.17, 15) is 4.79 Å². The van der Waals surface area contributed by atoms with Gasteiger partial charge in [-0.2, -0.15) is 0 Å². The Labute approximate surface area is 196 Å². The van der Waals surface area contributed by atoms with Gasteiger partial charge >= 0.3 is 5.97 Å². The number of aryl methyl sites for hydroxylation is 2. The van der Waals surface area contributed by atoms with Crippen LogP contribution in [0.3, 0.4) is 0 Å². The van der Waals surface area contributed by atoms with Crippen molar-refractivity contribution in [1.29, 1.82) is 0 Å². The van der Waals surface area contributed by atoms with E-state index in [2.05, 4.69) is 12.1 Å². The zero-order valence-electron chi connectivity index (χ0n) is 18.3. The molecule has 0 unspecified atom stereocenters. The average Bonchev–Trinajstić information content (AvgIpc) is 3.43. The molecule has 0 aliphatic heterocycles. The lowest BCUT2D eigenvalue weighted by molar-refractivity contribution is -0.137. The lowest BCUT2D eigenvalue weighted by atomic mass is 10.0. The molecule has 170 valence electrons. The van der Waals surface area contributed by atoms with E-state index < -0.39 is 5.97 Å². The summed E-state index contributed by atoms with van der Waals surface area (Å²) in [6, 6.07) is 15.8. The second kappa shape index (κ2) is 9.67. The van der Waals surface area contributed by atoms with E-state index in [1.54, 1.807) is 10.8 Å². The first-order valence-electron chi connectivity index (χ1n) is 11.3. The summed E-state index contributed by atoms with van der Waals surface area (Å²) in [6.45, 7) is 1.07. The van der Waals surface area contributed by atoms with Crippen molar-refractivity contribution >= 4 is 28.2 Å². The molecule has 1 aliphatic carbocycles. The number of carboxylic acids is 1. The van der Waals surface area contributed by atoms with E-state index >= 15 is 0 Å². The van der Waals surface area contributed by atoms with Crippen molar-refractivity contribution in [2.24, 2.45) is 0 Å². The molecule has 0 saturated heterocycles. The normalized spacial score (nSPS) is 13.1. The number of benzene rings is 2. The number of fused-ring (bicyclic) bond motifs is 2. The zero-order valence-corrected chi connectivity index (χ0v) is 19.1. The number of aliphatic carboxylic acids is 1. The summed E-state index contributed by atoms with van der Waals surface area (Å²) < 4.78 is 13.4. The van der Waals surface area contributed by atoms with Crippen molar-refractivity contribution in [3.05, 3.63) is 65.3 Å². The predicted octanol–water partition coefficient (Wildman–Crippen LogP) is 5.58. The van der Waals surface area contributed by atoms with Crippen LogP contribution in [0.5, 0.6) is 11.5 Å². The molecule has 0 fully saturated rings. The molecule has 33 heavy (non-hydrogen) atoms. The third kappa shape index (κ3) is 5.03. The SMILES string of the molecule is O=C(O)Cn1ccc2cc(OCCCOc3ccc(-c4nc5c(s4)CCCC5)cc3)ccc21. The van der Waals surface area contributed by atoms with Crippen molar-refractivity contribution in [2.45, 2.75) is 38.6 Å². The van der Waals surface area contributed by atoms with Gasteiger partial charge in [0.2, 0.25) is 0 Å². The van der Waals surface area contributed by atoms with Gasteiger partial charge in [-0.05, 0) is 74.2 Å². The Morgan fingerprint density at radius 1 is 1.00 bits per heavy atom. The molecule has 0 radical (unpaired) electrons. The van der Waals surface area contributed by atoms with Gasteiger partial charge in [0.05, 0.1) is 18.9 Å². The molecule has 0 spiro atoms. The lowest BCUT2D eigenvalue weighted by Gasteiger charge is -2.09. The number of hydrogen-bond acceptors (Lipinski definition) is 5. The standard InChI is InChI=1S/C26H26N2O4S/c29-25(30)17-28-13-12-19-16-21(10-11-23(19)28)32-15-3-14-31-20-8-6-18(7-9-20)26-27-22-4-1-2-5-24(22)33-26/h6-13,16H,1-5,14-15,17H2,(H,29,30). The van der Waals surface area contributed by atoms with Crippen LogP contribution in [0.15, 0.2) is 54.7 Å². The Bertz CT molecular complexity index is 1240. The van der Waals surface area contributed by atoms with E-state index in [1.165, 1.54) is 29.8 Å². The Kier molecular flexibility index (Phi) is 6.30. The van der Waals surface area contributed by atoms with Crippen molar-refractivity contribution < 1.29 is 19.4 Å². The molecule has 0 amide bonds. The van der Waals surface area contributed by atoms with Crippen LogP contribution < -0.4 is 9.47 Å². The highest BCUT2D eigenvalue weighted by molar-refractivity contribution is 7.15. The fourth-order valence-corrected chi connectivity index (χ4v) is 5.31. The van der Waals surface area contributed by atoms with Gasteiger partial charge < -0.3 is 19.1 Å². The van der Waals surface area contributed by atoms with Crippen LogP contribution in [0.1, 0.15) is 29.8 Å². The van der Waals surface area contributed by atoms with Gasteiger partial charge in [0.1, 0.15) is 23.1 Å². The van der Waals surface area contributed by atoms with Crippen molar-refractivity contribution in [3.63, 3.8) is 0 Å². The van der Waals surface area contributed by atoms with Gasteiger partial charge in [0, 0.05) is 34.0 Å². The quantitative estimate of drug-likeness (QED) is 0.329. The maximum atomic E-state index is 10.9. The summed E-state index contributed by atoms with van der Waals surface area (Å²) in [5.41, 5.74) is 3.32. The number of rotatable bonds is 9. The number of hydrogen-bond donors (Lipinski definition) is 1. The number of aromatic nitrogens is 2. The smallest absolute Gasteiger partial charge is 0.323 e. The van der Waals surface area contributed by atoms with Gasteiger partial charge in [-0.1, -0.05) is 0 Å². The fourth-order valence-electron chi connectivity index (χ4n) is 4.16. The van der Waals surface area contributed by atoms with Gasteiger partial charge in [-0.15, -0.1) is 11.3 Å². The Morgan fingerprint density at radius 2 is 1.76 bits per heavy atom. The molecular weight excluding hydrogens is 436 g/mol. The molecule has 7 heteroatoms. The predicted molar refractivity (Wildman–Crippen MR) is 129 cm³/mol. The second-order valence-corrected chi connectivity index (χ2v) is 9.31. The topological polar surface area (TPSA) is 73.6 Å². The molecule has 2 heterocycles. The first kappa shape index (κ1) is 21.5. The molecule has 2 aromatic heterocycles. The summed E-state index contributed by atoms with van der Waals surface area (Å²) >= 11 is 1.83. The van der Waals surface area contributed by atoms with Crippen LogP contribution in [-0.2, 0) is 24.2 Å². The summed E-state index contributed by atoms with van der Waals surface area (Å²) in [6.07, 6.45) is 7.35. The molecular formula is C26H26N2O4S. The van der Waals surface area contributed by atoms with Crippen LogP contribution >= 0.6 is 11.3 Å². The first-order chi connectivity index (χ1) is 16.2. The van der Waals surface area contributed by atoms with Crippen LogP contribution in [0.25, 0.3) is 21.5 Å². The van der Waals surface area contributed by atoms with Crippen LogP contribution in [-0.4, -0.2) is 33.8 Å². The monoisotopic (exact) mass is 462 g/mol. The molecule has 1 N–H and O–H groups in total. The summed E-state index contributed by atoms with van der Waals surface area (Å²) in [5, 5.41) is 11.1. The number of carboxylic acid groups (broad SMARTS) is 1. The van der Waals surface area contributed by atoms with Crippen molar-refractivity contribution in [2.75, 3.05) is 13.2 Å². The molecule has 6 nitrogen and oxygen atoms in total. The summed E-state index contributed by atoms with van der Waals surface area (Å²) in [4.78, 5) is 17.2. The van der Waals surface area contributed by atoms with Crippen molar-refractivity contribution in [3.8, 4) is 22.1 Å². The van der Waals surface area contributed by atoms with E-state index in [4.69, 9.17) is 19.6 Å². The Morgan fingerprint density at radius 3 is 2.55 bits per heavy atom. The van der Waals surface area contributed by atoms with Gasteiger partial charge in [0.25, 0.3) is 0 Å². The lowest BCUT2D eigenvalue weighted by Crippen LogP contribution is -2.07. The number of ether oxygens (including phenoxy) is 2. The number of nitrogens with zero attached hydrogens (tertiary/aromatic N) is 2. The third-order valence-corrected chi connectivity index (χ3v) is 7.03. The highest BCUT2D eigenvalue weighted by Crippen LogP contribution is 2.33. The third-order valence-electron chi connectivity index (χ3n) is 5.82. The highest BCUT2D eigenvalue weighted by Gasteiger charge is 2.16. The molecule has 0 bridgehead atoms. The van der Waals surface area contributed by atoms with Crippen LogP contribution in [0, 0.1) is 0 Å². The van der Waals surface area contributed by atoms with E-state index in [0.29, 0.717) is 13.2 Å². The minimum absolute atomic E-state index is 0.0477. The maximum absolute atomic E-state index is 10.9. The van der Waals surface area contributed by atoms with Gasteiger partial charge in [0.15, 0.2) is 0 Å². The molecule has 2 aromatic carbocycles. The zero-order chi connectivity index (χ0) is 22.6. The van der Waals surface area contributed by atoms with Crippen LogP contribution in [0.4, 0.5) is 0 Å². The minimum atomic E-state index is -0.857. The largest absolute Gasteiger partial charge is 0.493 e. The Balaban J connectivity index is 1.09. The van der Waals surface area contributed by atoms with Crippen molar-refractivity contribution in [1.82, 2.24) is 9.55 Å². The molecule has 4 aromatic rings. The Hall–Kier alpha value is -3.32. The number of thiazole rings is 1. The van der Waals surface area contributed by atoms with Crippen LogP contribution in [0.2, 0.25) is 0 Å². The van der Waals surface area contributed by atoms with Gasteiger partial charge in [-0.3, -0.25) is 4.79 Å². The number of carbonyl (C=O) groups is 1. The molecule has 5 rings (SSSR count). The summed E-state index contributed by atoms with van der Waals surface area (Å²) in [5.74, 6) is 0.761. The first-order valence-corrected chi connectivity index (χ1v) is 12.1. The molecule has 0 saturated carbocycles. The maximum Gasteiger partial charge on any atom is 0.323 e. The second-order valence-electron chi connectivity index (χ2n) is 8.23. The van der Waals surface area contributed by atoms with E-state index in [1.807, 2.05) is 47.7 Å². The molecule has 1 aliphatic rings. The summed E-state index contributed by atoms with van der Waals surface area (Å²) in [7, 11) is 0. The van der Waals surface area contributed by atoms with E-state index in [-0.39, 0.29) is 6.54 Å². The van der Waals surface area contributed by atoms with Gasteiger partial charge in [-0.25, -0.2) is 4.98 Å². The van der Waals surface area contributed by atoms with E-state index in [0.717, 1.165) is 45.8 Å². The average molecular weight is 463 g/mol. The molecule has 0 atom stereocenters.